The summed E-state index contributed by atoms with van der Waals surface area (Å²) in [4.78, 5) is 44.1. The summed E-state index contributed by atoms with van der Waals surface area (Å²) in [6.07, 6.45) is -0.712. The largest absolute Gasteiger partial charge is 0.481 e. The monoisotopic (exact) mass is 295 g/mol. The minimum Gasteiger partial charge on any atom is -0.481 e. The van der Waals surface area contributed by atoms with Gasteiger partial charge in [-0.2, -0.15) is 0 Å². The van der Waals surface area contributed by atoms with E-state index in [1.165, 1.54) is 12.1 Å². The SMILES string of the molecule is O=C(O)C[C@H](NCC(=O)C(=O)Oc1ccccc1)C(=O)O. The van der Waals surface area contributed by atoms with Crippen LogP contribution in [-0.2, 0) is 19.2 Å². The number of para-hydroxylation sites is 1. The lowest BCUT2D eigenvalue weighted by atomic mass is 10.2. The Morgan fingerprint density at radius 1 is 1.10 bits per heavy atom. The Kier molecular flexibility index (Phi) is 6.02. The van der Waals surface area contributed by atoms with Gasteiger partial charge in [0, 0.05) is 0 Å². The zero-order valence-electron chi connectivity index (χ0n) is 10.8. The molecule has 1 aromatic carbocycles. The van der Waals surface area contributed by atoms with E-state index in [4.69, 9.17) is 14.9 Å². The van der Waals surface area contributed by atoms with Crippen molar-refractivity contribution in [1.29, 1.82) is 0 Å². The van der Waals surface area contributed by atoms with Crippen LogP contribution < -0.4 is 10.1 Å². The van der Waals surface area contributed by atoms with E-state index in [0.29, 0.717) is 0 Å². The lowest BCUT2D eigenvalue weighted by Gasteiger charge is -2.11. The smallest absolute Gasteiger partial charge is 0.381 e. The fraction of sp³-hybridized carbons (Fsp3) is 0.231. The number of ether oxygens (including phenoxy) is 1. The maximum Gasteiger partial charge on any atom is 0.381 e. The summed E-state index contributed by atoms with van der Waals surface area (Å²) in [5, 5.41) is 19.5. The number of benzene rings is 1. The summed E-state index contributed by atoms with van der Waals surface area (Å²) in [7, 11) is 0. The molecule has 0 aliphatic rings. The van der Waals surface area contributed by atoms with Crippen LogP contribution in [0.15, 0.2) is 30.3 Å². The van der Waals surface area contributed by atoms with E-state index in [2.05, 4.69) is 5.32 Å². The number of nitrogens with one attached hydrogen (secondary N) is 1. The minimum absolute atomic E-state index is 0.177. The molecule has 1 rings (SSSR count). The highest BCUT2D eigenvalue weighted by Crippen LogP contribution is 2.08. The van der Waals surface area contributed by atoms with Crippen molar-refractivity contribution in [2.24, 2.45) is 0 Å². The molecule has 0 amide bonds. The molecule has 112 valence electrons. The van der Waals surface area contributed by atoms with Gasteiger partial charge in [0.05, 0.1) is 13.0 Å². The van der Waals surface area contributed by atoms with E-state index >= 15 is 0 Å². The van der Waals surface area contributed by atoms with Crippen molar-refractivity contribution in [3.05, 3.63) is 30.3 Å². The molecular weight excluding hydrogens is 282 g/mol. The van der Waals surface area contributed by atoms with Crippen molar-refractivity contribution < 1.29 is 34.1 Å². The fourth-order valence-corrected chi connectivity index (χ4v) is 1.36. The number of carbonyl (C=O) groups is 4. The van der Waals surface area contributed by atoms with Gasteiger partial charge >= 0.3 is 17.9 Å². The highest BCUT2D eigenvalue weighted by atomic mass is 16.5. The van der Waals surface area contributed by atoms with Crippen molar-refractivity contribution in [2.45, 2.75) is 12.5 Å². The highest BCUT2D eigenvalue weighted by molar-refractivity contribution is 6.35. The predicted molar refractivity (Wildman–Crippen MR) is 68.8 cm³/mol. The number of ketones is 1. The second kappa shape index (κ2) is 7.75. The molecule has 0 aliphatic carbocycles. The molecule has 0 unspecified atom stereocenters. The van der Waals surface area contributed by atoms with E-state index < -0.39 is 42.7 Å². The van der Waals surface area contributed by atoms with Crippen molar-refractivity contribution in [2.75, 3.05) is 6.54 Å². The summed E-state index contributed by atoms with van der Waals surface area (Å²) in [6, 6.07) is 6.41. The molecule has 0 saturated heterocycles. The molecule has 0 bridgehead atoms. The summed E-state index contributed by atoms with van der Waals surface area (Å²) in [6.45, 7) is -0.629. The maximum absolute atomic E-state index is 11.5. The number of Topliss-reactive ketones (excluding diaryl/α,β-unsaturated/α-hetero) is 1. The van der Waals surface area contributed by atoms with Gasteiger partial charge in [-0.25, -0.2) is 4.79 Å². The third-order valence-electron chi connectivity index (χ3n) is 2.37. The quantitative estimate of drug-likeness (QED) is 0.338. The number of hydrogen-bond acceptors (Lipinski definition) is 6. The average Bonchev–Trinajstić information content (AvgIpc) is 2.43. The molecule has 1 aromatic rings. The predicted octanol–water partition coefficient (Wildman–Crippen LogP) is -0.321. The molecule has 21 heavy (non-hydrogen) atoms. The highest BCUT2D eigenvalue weighted by Gasteiger charge is 2.24. The number of esters is 1. The fourth-order valence-electron chi connectivity index (χ4n) is 1.36. The third kappa shape index (κ3) is 5.83. The van der Waals surface area contributed by atoms with Gasteiger partial charge in [0.1, 0.15) is 11.8 Å². The van der Waals surface area contributed by atoms with Gasteiger partial charge in [-0.15, -0.1) is 0 Å². The Hall–Kier alpha value is -2.74. The Morgan fingerprint density at radius 2 is 1.71 bits per heavy atom. The Labute approximate surface area is 119 Å². The standard InChI is InChI=1S/C13H13NO7/c15-10(7-14-9(12(18)19)6-11(16)17)13(20)21-8-4-2-1-3-5-8/h1-5,9,14H,6-7H2,(H,16,17)(H,18,19)/t9-/m0/s1. The lowest BCUT2D eigenvalue weighted by molar-refractivity contribution is -0.148. The number of carboxylic acid groups (broad SMARTS) is 2. The van der Waals surface area contributed by atoms with E-state index in [-0.39, 0.29) is 5.75 Å². The zero-order valence-corrected chi connectivity index (χ0v) is 10.8. The van der Waals surface area contributed by atoms with Gasteiger partial charge in [-0.05, 0) is 12.1 Å². The molecule has 0 spiro atoms. The van der Waals surface area contributed by atoms with Crippen LogP contribution in [0, 0.1) is 0 Å². The van der Waals surface area contributed by atoms with Gasteiger partial charge in [0.15, 0.2) is 0 Å². The molecule has 8 heteroatoms. The molecule has 0 fully saturated rings. The number of hydrogen-bond donors (Lipinski definition) is 3. The van der Waals surface area contributed by atoms with Crippen molar-refractivity contribution >= 4 is 23.7 Å². The Morgan fingerprint density at radius 3 is 2.24 bits per heavy atom. The van der Waals surface area contributed by atoms with E-state index in [1.54, 1.807) is 18.2 Å². The van der Waals surface area contributed by atoms with Crippen molar-refractivity contribution in [3.63, 3.8) is 0 Å². The number of aliphatic carboxylic acids is 2. The molecule has 8 nitrogen and oxygen atoms in total. The Bertz CT molecular complexity index is 541. The first-order chi connectivity index (χ1) is 9.90. The summed E-state index contributed by atoms with van der Waals surface area (Å²) >= 11 is 0. The van der Waals surface area contributed by atoms with Crippen LogP contribution in [0.25, 0.3) is 0 Å². The van der Waals surface area contributed by atoms with Crippen LogP contribution >= 0.6 is 0 Å². The minimum atomic E-state index is -1.46. The second-order valence-corrected chi connectivity index (χ2v) is 4.00. The first kappa shape index (κ1) is 16.3. The molecule has 0 heterocycles. The van der Waals surface area contributed by atoms with Crippen LogP contribution in [-0.4, -0.2) is 46.5 Å². The molecule has 0 aromatic heterocycles. The summed E-state index contributed by atoms with van der Waals surface area (Å²) in [5.41, 5.74) is 0. The number of rotatable bonds is 8. The van der Waals surface area contributed by atoms with E-state index in [1.807, 2.05) is 0 Å². The van der Waals surface area contributed by atoms with Crippen molar-refractivity contribution in [1.82, 2.24) is 5.32 Å². The van der Waals surface area contributed by atoms with Crippen LogP contribution in [0.2, 0.25) is 0 Å². The van der Waals surface area contributed by atoms with Crippen LogP contribution in [0.3, 0.4) is 0 Å². The summed E-state index contributed by atoms with van der Waals surface area (Å²) < 4.78 is 4.76. The molecule has 0 radical (unpaired) electrons. The van der Waals surface area contributed by atoms with Crippen LogP contribution in [0.1, 0.15) is 6.42 Å². The van der Waals surface area contributed by atoms with Crippen LogP contribution in [0.5, 0.6) is 5.75 Å². The normalized spacial score (nSPS) is 11.4. The van der Waals surface area contributed by atoms with Gasteiger partial charge in [0.25, 0.3) is 5.78 Å². The Balaban J connectivity index is 2.50. The van der Waals surface area contributed by atoms with Gasteiger partial charge in [0.2, 0.25) is 0 Å². The van der Waals surface area contributed by atoms with E-state index in [0.717, 1.165) is 0 Å². The van der Waals surface area contributed by atoms with E-state index in [9.17, 15) is 19.2 Å². The molecule has 1 atom stereocenters. The van der Waals surface area contributed by atoms with Gasteiger partial charge in [-0.3, -0.25) is 19.7 Å². The van der Waals surface area contributed by atoms with Gasteiger partial charge in [-0.1, -0.05) is 18.2 Å². The van der Waals surface area contributed by atoms with Crippen molar-refractivity contribution in [3.8, 4) is 5.75 Å². The maximum atomic E-state index is 11.5. The summed E-state index contributed by atoms with van der Waals surface area (Å²) in [5.74, 6) is -4.75. The van der Waals surface area contributed by atoms with Crippen LogP contribution in [0.4, 0.5) is 0 Å². The molecular formula is C13H13NO7. The number of carboxylic acids is 2. The first-order valence-corrected chi connectivity index (χ1v) is 5.88. The van der Waals surface area contributed by atoms with Gasteiger partial charge < -0.3 is 14.9 Å². The second-order valence-electron chi connectivity index (χ2n) is 4.00. The molecule has 0 saturated carbocycles. The lowest BCUT2D eigenvalue weighted by Crippen LogP contribution is -2.43. The molecule has 3 N–H and O–H groups in total. The zero-order chi connectivity index (χ0) is 15.8. The number of carbonyl (C=O) groups excluding carboxylic acids is 2. The third-order valence-corrected chi connectivity index (χ3v) is 2.37. The average molecular weight is 295 g/mol. The first-order valence-electron chi connectivity index (χ1n) is 5.88. The topological polar surface area (TPSA) is 130 Å². The molecule has 0 aliphatic heterocycles.